The van der Waals surface area contributed by atoms with Crippen LogP contribution in [-0.2, 0) is 16.0 Å². The number of hydrogen-bond donors (Lipinski definition) is 0. The van der Waals surface area contributed by atoms with Crippen LogP contribution in [0.4, 0.5) is 0 Å². The van der Waals surface area contributed by atoms with Gasteiger partial charge in [-0.25, -0.2) is 4.98 Å². The second kappa shape index (κ2) is 9.42. The van der Waals surface area contributed by atoms with E-state index < -0.39 is 0 Å². The van der Waals surface area contributed by atoms with Crippen molar-refractivity contribution in [2.24, 2.45) is 0 Å². The van der Waals surface area contributed by atoms with Gasteiger partial charge in [-0.15, -0.1) is 0 Å². The number of rotatable bonds is 8. The van der Waals surface area contributed by atoms with Gasteiger partial charge in [-0.3, -0.25) is 4.79 Å². The molecule has 0 N–H and O–H groups in total. The number of esters is 1. The van der Waals surface area contributed by atoms with Crippen molar-refractivity contribution in [2.45, 2.75) is 6.42 Å². The summed E-state index contributed by atoms with van der Waals surface area (Å²) in [6.07, 6.45) is 0.0418. The Labute approximate surface area is 180 Å². The molecule has 0 radical (unpaired) electrons. The summed E-state index contributed by atoms with van der Waals surface area (Å²) in [4.78, 5) is 16.7. The lowest BCUT2D eigenvalue weighted by Crippen LogP contribution is -2.07. The Bertz CT molecular complexity index is 1110. The van der Waals surface area contributed by atoms with E-state index >= 15 is 0 Å². The first kappa shape index (κ1) is 22.0. The van der Waals surface area contributed by atoms with Crippen LogP contribution in [0.5, 0.6) is 28.9 Å². The standard InChI is InChI=1S/C23H25NO7/c1-26-18-8-13-7-17(24-23(31-6)16(13)12-21(18)29-4)15-11-20(28-3)19(27-2)9-14(15)10-22(25)30-5/h7-9,11-12H,10H2,1-6H3. The minimum absolute atomic E-state index is 0.0418. The number of pyridine rings is 1. The fourth-order valence-corrected chi connectivity index (χ4v) is 3.38. The first-order valence-electron chi connectivity index (χ1n) is 9.42. The molecule has 1 heterocycles. The van der Waals surface area contributed by atoms with Crippen molar-refractivity contribution in [1.29, 1.82) is 0 Å². The highest BCUT2D eigenvalue weighted by molar-refractivity contribution is 5.93. The van der Waals surface area contributed by atoms with Gasteiger partial charge < -0.3 is 28.4 Å². The van der Waals surface area contributed by atoms with Gasteiger partial charge in [0.2, 0.25) is 5.88 Å². The van der Waals surface area contributed by atoms with Crippen LogP contribution in [-0.4, -0.2) is 53.6 Å². The summed E-state index contributed by atoms with van der Waals surface area (Å²) in [5.41, 5.74) is 1.97. The highest BCUT2D eigenvalue weighted by atomic mass is 16.5. The van der Waals surface area contributed by atoms with Crippen molar-refractivity contribution in [3.8, 4) is 40.1 Å². The highest BCUT2D eigenvalue weighted by Gasteiger charge is 2.19. The van der Waals surface area contributed by atoms with Crippen LogP contribution < -0.4 is 23.7 Å². The molecule has 0 aliphatic rings. The smallest absolute Gasteiger partial charge is 0.310 e. The Kier molecular flexibility index (Phi) is 6.69. The minimum atomic E-state index is -0.382. The van der Waals surface area contributed by atoms with Gasteiger partial charge in [0.15, 0.2) is 23.0 Å². The summed E-state index contributed by atoms with van der Waals surface area (Å²) in [6, 6.07) is 9.09. The molecular formula is C23H25NO7. The molecule has 0 saturated heterocycles. The normalized spacial score (nSPS) is 10.5. The molecule has 2 aromatic carbocycles. The zero-order chi connectivity index (χ0) is 22.5. The number of hydrogen-bond acceptors (Lipinski definition) is 8. The van der Waals surface area contributed by atoms with E-state index in [0.717, 1.165) is 10.8 Å². The minimum Gasteiger partial charge on any atom is -0.493 e. The number of benzene rings is 2. The number of carbonyl (C=O) groups excluding carboxylic acids is 1. The van der Waals surface area contributed by atoms with E-state index in [4.69, 9.17) is 28.4 Å². The summed E-state index contributed by atoms with van der Waals surface area (Å²) in [7, 11) is 9.13. The Morgan fingerprint density at radius 1 is 0.742 bits per heavy atom. The Balaban J connectivity index is 2.29. The van der Waals surface area contributed by atoms with Crippen LogP contribution >= 0.6 is 0 Å². The summed E-state index contributed by atoms with van der Waals surface area (Å²) in [5.74, 6) is 2.19. The maximum atomic E-state index is 12.0. The molecule has 0 spiro atoms. The van der Waals surface area contributed by atoms with E-state index in [0.29, 0.717) is 45.7 Å². The maximum absolute atomic E-state index is 12.0. The van der Waals surface area contributed by atoms with Crippen molar-refractivity contribution < 1.29 is 33.2 Å². The molecule has 0 amide bonds. The third kappa shape index (κ3) is 4.28. The van der Waals surface area contributed by atoms with Gasteiger partial charge in [-0.05, 0) is 41.3 Å². The fourth-order valence-electron chi connectivity index (χ4n) is 3.38. The summed E-state index contributed by atoms with van der Waals surface area (Å²) < 4.78 is 32.1. The predicted octanol–water partition coefficient (Wildman–Crippen LogP) is 3.66. The van der Waals surface area contributed by atoms with E-state index in [-0.39, 0.29) is 12.4 Å². The van der Waals surface area contributed by atoms with Gasteiger partial charge >= 0.3 is 5.97 Å². The van der Waals surface area contributed by atoms with Crippen molar-refractivity contribution in [1.82, 2.24) is 4.98 Å². The maximum Gasteiger partial charge on any atom is 0.310 e. The highest BCUT2D eigenvalue weighted by Crippen LogP contribution is 2.40. The predicted molar refractivity (Wildman–Crippen MR) is 116 cm³/mol. The molecule has 8 heteroatoms. The average molecular weight is 427 g/mol. The third-order valence-corrected chi connectivity index (χ3v) is 4.94. The first-order valence-corrected chi connectivity index (χ1v) is 9.42. The van der Waals surface area contributed by atoms with Gasteiger partial charge in [-0.2, -0.15) is 0 Å². The molecule has 0 aliphatic carbocycles. The lowest BCUT2D eigenvalue weighted by Gasteiger charge is -2.16. The number of nitrogens with zero attached hydrogens (tertiary/aromatic N) is 1. The third-order valence-electron chi connectivity index (χ3n) is 4.94. The van der Waals surface area contributed by atoms with Crippen LogP contribution in [0.1, 0.15) is 5.56 Å². The second-order valence-electron chi connectivity index (χ2n) is 6.56. The lowest BCUT2D eigenvalue weighted by molar-refractivity contribution is -0.139. The molecule has 0 saturated carbocycles. The van der Waals surface area contributed by atoms with Crippen molar-refractivity contribution in [2.75, 3.05) is 42.7 Å². The Hall–Kier alpha value is -3.68. The van der Waals surface area contributed by atoms with E-state index in [1.165, 1.54) is 14.2 Å². The molecular weight excluding hydrogens is 402 g/mol. The average Bonchev–Trinajstić information content (AvgIpc) is 2.81. The summed E-state index contributed by atoms with van der Waals surface area (Å²) >= 11 is 0. The summed E-state index contributed by atoms with van der Waals surface area (Å²) in [5, 5.41) is 1.59. The molecule has 164 valence electrons. The van der Waals surface area contributed by atoms with E-state index in [1.807, 2.05) is 18.2 Å². The molecule has 0 unspecified atom stereocenters. The monoisotopic (exact) mass is 427 g/mol. The van der Waals surface area contributed by atoms with Gasteiger partial charge in [-0.1, -0.05) is 0 Å². The molecule has 3 aromatic rings. The second-order valence-corrected chi connectivity index (χ2v) is 6.56. The van der Waals surface area contributed by atoms with Crippen LogP contribution in [0.15, 0.2) is 30.3 Å². The SMILES string of the molecule is COC(=O)Cc1cc(OC)c(OC)cc1-c1cc2cc(OC)c(OC)cc2c(OC)n1. The molecule has 8 nitrogen and oxygen atoms in total. The van der Waals surface area contributed by atoms with E-state index in [2.05, 4.69) is 4.98 Å². The Morgan fingerprint density at radius 2 is 1.32 bits per heavy atom. The number of fused-ring (bicyclic) bond motifs is 1. The number of aromatic nitrogens is 1. The fraction of sp³-hybridized carbons (Fsp3) is 0.304. The molecule has 1 aromatic heterocycles. The van der Waals surface area contributed by atoms with E-state index in [1.54, 1.807) is 40.6 Å². The first-order chi connectivity index (χ1) is 15.0. The zero-order valence-electron chi connectivity index (χ0n) is 18.4. The lowest BCUT2D eigenvalue weighted by atomic mass is 9.98. The molecule has 0 aliphatic heterocycles. The number of ether oxygens (including phenoxy) is 6. The number of methoxy groups -OCH3 is 6. The Morgan fingerprint density at radius 3 is 1.90 bits per heavy atom. The molecule has 0 bridgehead atoms. The van der Waals surface area contributed by atoms with Crippen LogP contribution in [0.3, 0.4) is 0 Å². The number of carbonyl (C=O) groups is 1. The van der Waals surface area contributed by atoms with Gasteiger partial charge in [0.25, 0.3) is 0 Å². The zero-order valence-corrected chi connectivity index (χ0v) is 18.4. The van der Waals surface area contributed by atoms with Crippen molar-refractivity contribution >= 4 is 16.7 Å². The van der Waals surface area contributed by atoms with Gasteiger partial charge in [0.05, 0.1) is 54.8 Å². The topological polar surface area (TPSA) is 85.3 Å². The molecule has 3 rings (SSSR count). The van der Waals surface area contributed by atoms with Gasteiger partial charge in [0.1, 0.15) is 0 Å². The molecule has 0 atom stereocenters. The van der Waals surface area contributed by atoms with Crippen LogP contribution in [0, 0.1) is 0 Å². The van der Waals surface area contributed by atoms with E-state index in [9.17, 15) is 4.79 Å². The molecule has 0 fully saturated rings. The van der Waals surface area contributed by atoms with Crippen molar-refractivity contribution in [3.63, 3.8) is 0 Å². The quantitative estimate of drug-likeness (QED) is 0.504. The largest absolute Gasteiger partial charge is 0.493 e. The molecule has 31 heavy (non-hydrogen) atoms. The van der Waals surface area contributed by atoms with Crippen LogP contribution in [0.2, 0.25) is 0 Å². The van der Waals surface area contributed by atoms with Gasteiger partial charge in [0, 0.05) is 10.9 Å². The summed E-state index contributed by atoms with van der Waals surface area (Å²) in [6.45, 7) is 0. The van der Waals surface area contributed by atoms with Crippen molar-refractivity contribution in [3.05, 3.63) is 35.9 Å². The van der Waals surface area contributed by atoms with Crippen LogP contribution in [0.25, 0.3) is 22.0 Å².